The minimum atomic E-state index is 0.736. The Morgan fingerprint density at radius 2 is 2.00 bits per heavy atom. The van der Waals surface area contributed by atoms with Crippen molar-refractivity contribution in [2.24, 2.45) is 0 Å². The van der Waals surface area contributed by atoms with Crippen LogP contribution in [-0.4, -0.2) is 24.4 Å². The first-order valence-electron chi connectivity index (χ1n) is 2.75. The van der Waals surface area contributed by atoms with E-state index < -0.39 is 0 Å². The molecule has 0 saturated carbocycles. The summed E-state index contributed by atoms with van der Waals surface area (Å²) in [4.78, 5) is 0. The highest BCUT2D eigenvalue weighted by molar-refractivity contribution is 4.44. The number of nitrogens with zero attached hydrogens (tertiary/aromatic N) is 1. The van der Waals surface area contributed by atoms with Crippen LogP contribution in [-0.2, 0) is 0 Å². The summed E-state index contributed by atoms with van der Waals surface area (Å²) in [6.45, 7) is 5.59. The third-order valence-corrected chi connectivity index (χ3v) is 1.80. The van der Waals surface area contributed by atoms with Gasteiger partial charge in [-0.25, -0.2) is 4.59 Å². The van der Waals surface area contributed by atoms with Gasteiger partial charge in [0.2, 0.25) is 0 Å². The number of nitrogens with one attached hydrogen (secondary N) is 1. The molecule has 0 aromatic carbocycles. The van der Waals surface area contributed by atoms with Crippen LogP contribution in [0.25, 0.3) is 0 Å². The fraction of sp³-hybridized carbons (Fsp3) is 1.00. The summed E-state index contributed by atoms with van der Waals surface area (Å²) in [5.74, 6) is 0. The normalized spacial score (nSPS) is 39.4. The van der Waals surface area contributed by atoms with Crippen molar-refractivity contribution in [3.05, 3.63) is 0 Å². The van der Waals surface area contributed by atoms with Gasteiger partial charge in [0.15, 0.2) is 6.67 Å². The predicted molar refractivity (Wildman–Crippen MR) is 29.3 cm³/mol. The van der Waals surface area contributed by atoms with Crippen LogP contribution in [0.2, 0.25) is 0 Å². The summed E-state index contributed by atoms with van der Waals surface area (Å²) in [5, 5.41) is 0. The SMILES string of the molecule is CC(C)[N+]1(C)CN1. The van der Waals surface area contributed by atoms with Crippen LogP contribution in [0.4, 0.5) is 0 Å². The van der Waals surface area contributed by atoms with Crippen LogP contribution in [0, 0.1) is 0 Å². The lowest BCUT2D eigenvalue weighted by atomic mass is 10.4. The highest BCUT2D eigenvalue weighted by atomic mass is 15.8. The van der Waals surface area contributed by atoms with Gasteiger partial charge in [0.1, 0.15) is 6.04 Å². The Kier molecular flexibility index (Phi) is 0.869. The first kappa shape index (κ1) is 5.06. The van der Waals surface area contributed by atoms with E-state index in [2.05, 4.69) is 26.3 Å². The number of hydrogen-bond acceptors (Lipinski definition) is 1. The maximum absolute atomic E-state index is 3.25. The molecule has 42 valence electrons. The number of rotatable bonds is 1. The summed E-state index contributed by atoms with van der Waals surface area (Å²) in [6, 6.07) is 0.736. The smallest absolute Gasteiger partial charge is 0.192 e. The highest BCUT2D eigenvalue weighted by Crippen LogP contribution is 2.13. The van der Waals surface area contributed by atoms with E-state index in [1.165, 1.54) is 0 Å². The van der Waals surface area contributed by atoms with Crippen molar-refractivity contribution < 1.29 is 4.59 Å². The standard InChI is InChI=1S/C5H13N2/c1-5(2)7(3)4-6-7/h5-6H,4H2,1-3H3/q+1. The zero-order valence-corrected chi connectivity index (χ0v) is 5.23. The van der Waals surface area contributed by atoms with Crippen LogP contribution in [0.5, 0.6) is 0 Å². The number of hydrogen-bond donors (Lipinski definition) is 1. The zero-order chi connectivity index (χ0) is 5.49. The van der Waals surface area contributed by atoms with E-state index in [0.29, 0.717) is 0 Å². The quantitative estimate of drug-likeness (QED) is 0.373. The molecule has 1 aliphatic heterocycles. The molecule has 0 aromatic heterocycles. The van der Waals surface area contributed by atoms with Gasteiger partial charge in [-0.15, -0.1) is 5.43 Å². The van der Waals surface area contributed by atoms with E-state index in [9.17, 15) is 0 Å². The van der Waals surface area contributed by atoms with Gasteiger partial charge in [-0.05, 0) is 13.8 Å². The van der Waals surface area contributed by atoms with E-state index in [4.69, 9.17) is 0 Å². The second kappa shape index (κ2) is 1.20. The summed E-state index contributed by atoms with van der Waals surface area (Å²) >= 11 is 0. The average molecular weight is 101 g/mol. The van der Waals surface area contributed by atoms with Gasteiger partial charge >= 0.3 is 0 Å². The molecule has 0 radical (unpaired) electrons. The Morgan fingerprint density at radius 1 is 1.57 bits per heavy atom. The molecule has 2 nitrogen and oxygen atoms in total. The molecule has 1 N–H and O–H groups in total. The van der Waals surface area contributed by atoms with Crippen molar-refractivity contribution in [3.63, 3.8) is 0 Å². The molecule has 1 heterocycles. The Balaban J connectivity index is 2.39. The van der Waals surface area contributed by atoms with Crippen molar-refractivity contribution in [1.82, 2.24) is 5.43 Å². The lowest BCUT2D eigenvalue weighted by Gasteiger charge is -2.11. The van der Waals surface area contributed by atoms with Crippen molar-refractivity contribution in [1.29, 1.82) is 0 Å². The molecule has 0 amide bonds. The van der Waals surface area contributed by atoms with Crippen molar-refractivity contribution in [2.75, 3.05) is 13.7 Å². The molecule has 1 atom stereocenters. The molecule has 0 aromatic rings. The summed E-state index contributed by atoms with van der Waals surface area (Å²) < 4.78 is 1.06. The molecule has 2 heteroatoms. The summed E-state index contributed by atoms with van der Waals surface area (Å²) in [7, 11) is 2.20. The van der Waals surface area contributed by atoms with Gasteiger partial charge < -0.3 is 0 Å². The minimum absolute atomic E-state index is 0.736. The van der Waals surface area contributed by atoms with Crippen LogP contribution < -0.4 is 5.43 Å². The van der Waals surface area contributed by atoms with Crippen molar-refractivity contribution in [2.45, 2.75) is 19.9 Å². The molecule has 0 spiro atoms. The molecular formula is C5H13N2+. The van der Waals surface area contributed by atoms with E-state index in [-0.39, 0.29) is 0 Å². The van der Waals surface area contributed by atoms with E-state index in [0.717, 1.165) is 17.3 Å². The Labute approximate surface area is 44.7 Å². The molecule has 0 bridgehead atoms. The second-order valence-corrected chi connectivity index (χ2v) is 2.68. The van der Waals surface area contributed by atoms with Gasteiger partial charge in [-0.3, -0.25) is 0 Å². The van der Waals surface area contributed by atoms with Crippen LogP contribution in [0.15, 0.2) is 0 Å². The van der Waals surface area contributed by atoms with E-state index in [1.54, 1.807) is 0 Å². The fourth-order valence-corrected chi connectivity index (χ4v) is 0.477. The molecule has 1 fully saturated rings. The molecule has 7 heavy (non-hydrogen) atoms. The van der Waals surface area contributed by atoms with Crippen molar-refractivity contribution in [3.8, 4) is 0 Å². The Morgan fingerprint density at radius 3 is 2.00 bits per heavy atom. The van der Waals surface area contributed by atoms with Gasteiger partial charge in [0.05, 0.1) is 7.05 Å². The van der Waals surface area contributed by atoms with Crippen LogP contribution in [0.1, 0.15) is 13.8 Å². The fourth-order valence-electron chi connectivity index (χ4n) is 0.477. The maximum atomic E-state index is 3.25. The first-order valence-corrected chi connectivity index (χ1v) is 2.75. The molecular weight excluding hydrogens is 88.1 g/mol. The van der Waals surface area contributed by atoms with Crippen LogP contribution in [0.3, 0.4) is 0 Å². The maximum Gasteiger partial charge on any atom is 0.192 e. The zero-order valence-electron chi connectivity index (χ0n) is 5.23. The first-order chi connectivity index (χ1) is 3.15. The molecule has 1 rings (SSSR count). The molecule has 0 aliphatic carbocycles. The lowest BCUT2D eigenvalue weighted by molar-refractivity contribution is -0.827. The predicted octanol–water partition coefficient (Wildman–Crippen LogP) is 0.317. The highest BCUT2D eigenvalue weighted by Gasteiger charge is 2.39. The van der Waals surface area contributed by atoms with Gasteiger partial charge in [0, 0.05) is 0 Å². The van der Waals surface area contributed by atoms with Crippen LogP contribution >= 0.6 is 0 Å². The second-order valence-electron chi connectivity index (χ2n) is 2.68. The van der Waals surface area contributed by atoms with Gasteiger partial charge in [-0.2, -0.15) is 0 Å². The third-order valence-electron chi connectivity index (χ3n) is 1.80. The number of quaternary nitrogens is 1. The lowest BCUT2D eigenvalue weighted by Crippen LogP contribution is -2.31. The van der Waals surface area contributed by atoms with E-state index in [1.807, 2.05) is 0 Å². The van der Waals surface area contributed by atoms with Gasteiger partial charge in [0.25, 0.3) is 0 Å². The van der Waals surface area contributed by atoms with Gasteiger partial charge in [-0.1, -0.05) is 0 Å². The van der Waals surface area contributed by atoms with E-state index >= 15 is 0 Å². The molecule has 1 aliphatic rings. The largest absolute Gasteiger partial charge is 0.225 e. The molecule has 1 saturated heterocycles. The minimum Gasteiger partial charge on any atom is -0.225 e. The third kappa shape index (κ3) is 0.763. The van der Waals surface area contributed by atoms with Crippen molar-refractivity contribution >= 4 is 0 Å². The topological polar surface area (TPSA) is 21.9 Å². The monoisotopic (exact) mass is 101 g/mol. The summed E-state index contributed by atoms with van der Waals surface area (Å²) in [6.07, 6.45) is 0. The average Bonchev–Trinajstić information content (AvgIpc) is 2.21. The Hall–Kier alpha value is -0.0800. The molecule has 1 unspecified atom stereocenters. The Bertz CT molecular complexity index is 74.1. The summed E-state index contributed by atoms with van der Waals surface area (Å²) in [5.41, 5.74) is 3.25.